The third kappa shape index (κ3) is 4.30. The summed E-state index contributed by atoms with van der Waals surface area (Å²) in [6, 6.07) is 20.3. The number of nitrogens with one attached hydrogen (secondary N) is 1. The number of nitrogens with zero attached hydrogens (tertiary/aromatic N) is 3. The molecule has 0 aliphatic heterocycles. The van der Waals surface area contributed by atoms with Crippen LogP contribution in [0.5, 0.6) is 0 Å². The van der Waals surface area contributed by atoms with E-state index in [1.165, 1.54) is 7.05 Å². The summed E-state index contributed by atoms with van der Waals surface area (Å²) >= 11 is 0. The molecule has 1 amide bonds. The Balaban J connectivity index is 1.38. The first-order valence-corrected chi connectivity index (χ1v) is 11.4. The topological polar surface area (TPSA) is 84.3 Å². The largest absolute Gasteiger partial charge is 0.353 e. The second-order valence-electron chi connectivity index (χ2n) is 7.42. The summed E-state index contributed by atoms with van der Waals surface area (Å²) in [5.41, 5.74) is 1.91. The highest BCUT2D eigenvalue weighted by atomic mass is 32.2. The molecule has 0 atom stereocenters. The van der Waals surface area contributed by atoms with E-state index < -0.39 is 10.0 Å². The van der Waals surface area contributed by atoms with E-state index in [1.54, 1.807) is 18.2 Å². The van der Waals surface area contributed by atoms with Gasteiger partial charge in [0.25, 0.3) is 0 Å². The van der Waals surface area contributed by atoms with Gasteiger partial charge in [0.2, 0.25) is 15.9 Å². The van der Waals surface area contributed by atoms with Crippen molar-refractivity contribution in [1.82, 2.24) is 19.2 Å². The van der Waals surface area contributed by atoms with Gasteiger partial charge in [-0.05, 0) is 42.0 Å². The number of hydrogen-bond donors (Lipinski definition) is 1. The van der Waals surface area contributed by atoms with Crippen LogP contribution in [-0.4, -0.2) is 48.3 Å². The predicted molar refractivity (Wildman–Crippen MR) is 121 cm³/mol. The molecule has 0 saturated heterocycles. The molecule has 1 N–H and O–H groups in total. The molecule has 0 aliphatic carbocycles. The molecule has 31 heavy (non-hydrogen) atoms. The van der Waals surface area contributed by atoms with Crippen molar-refractivity contribution in [1.29, 1.82) is 0 Å². The fourth-order valence-electron chi connectivity index (χ4n) is 3.64. The van der Waals surface area contributed by atoms with Gasteiger partial charge in [-0.25, -0.2) is 13.4 Å². The standard InChI is InChI=1S/C23H24N4O3S/c1-17-25-21-9-5-6-10-22(21)27(17)14-13-24-23(28)16-26(2)31(29,30)20-12-11-18-7-3-4-8-19(18)15-20/h3-12,15H,13-14,16H2,1-2H3,(H,24,28). The van der Waals surface area contributed by atoms with Crippen LogP contribution in [0.4, 0.5) is 0 Å². The lowest BCUT2D eigenvalue weighted by Gasteiger charge is -2.17. The van der Waals surface area contributed by atoms with Crippen molar-refractivity contribution in [3.05, 3.63) is 72.6 Å². The lowest BCUT2D eigenvalue weighted by molar-refractivity contribution is -0.121. The molecular weight excluding hydrogens is 412 g/mol. The molecule has 1 heterocycles. The molecule has 1 aromatic heterocycles. The zero-order valence-corrected chi connectivity index (χ0v) is 18.3. The molecule has 4 rings (SSSR count). The minimum absolute atomic E-state index is 0.169. The number of carbonyl (C=O) groups excluding carboxylic acids is 1. The number of para-hydroxylation sites is 2. The molecule has 0 radical (unpaired) electrons. The van der Waals surface area contributed by atoms with Crippen LogP contribution in [0.3, 0.4) is 0 Å². The molecule has 0 bridgehead atoms. The van der Waals surface area contributed by atoms with Gasteiger partial charge in [-0.15, -0.1) is 0 Å². The Hall–Kier alpha value is -3.23. The highest BCUT2D eigenvalue weighted by Crippen LogP contribution is 2.21. The van der Waals surface area contributed by atoms with E-state index in [4.69, 9.17) is 0 Å². The number of imidazole rings is 1. The molecule has 7 nitrogen and oxygen atoms in total. The molecule has 4 aromatic rings. The summed E-state index contributed by atoms with van der Waals surface area (Å²) in [6.45, 7) is 2.60. The van der Waals surface area contributed by atoms with Gasteiger partial charge in [-0.2, -0.15) is 4.31 Å². The van der Waals surface area contributed by atoms with Crippen molar-refractivity contribution in [3.8, 4) is 0 Å². The van der Waals surface area contributed by atoms with Gasteiger partial charge in [-0.1, -0.05) is 42.5 Å². The first-order chi connectivity index (χ1) is 14.9. The number of fused-ring (bicyclic) bond motifs is 2. The Morgan fingerprint density at radius 3 is 2.55 bits per heavy atom. The fourth-order valence-corrected chi connectivity index (χ4v) is 4.80. The lowest BCUT2D eigenvalue weighted by Crippen LogP contribution is -2.39. The van der Waals surface area contributed by atoms with E-state index in [1.807, 2.05) is 60.0 Å². The highest BCUT2D eigenvalue weighted by Gasteiger charge is 2.23. The van der Waals surface area contributed by atoms with Crippen molar-refractivity contribution in [3.63, 3.8) is 0 Å². The van der Waals surface area contributed by atoms with E-state index >= 15 is 0 Å². The van der Waals surface area contributed by atoms with Crippen LogP contribution < -0.4 is 5.32 Å². The van der Waals surface area contributed by atoms with Crippen LogP contribution in [0, 0.1) is 6.92 Å². The average Bonchev–Trinajstić information content (AvgIpc) is 3.08. The average molecular weight is 437 g/mol. The van der Waals surface area contributed by atoms with Crippen molar-refractivity contribution in [2.24, 2.45) is 0 Å². The minimum atomic E-state index is -3.77. The third-order valence-corrected chi connectivity index (χ3v) is 7.10. The SMILES string of the molecule is Cc1nc2ccccc2n1CCNC(=O)CN(C)S(=O)(=O)c1ccc2ccccc2c1. The second kappa shape index (κ2) is 8.49. The quantitative estimate of drug-likeness (QED) is 0.483. The number of carbonyl (C=O) groups is 1. The van der Waals surface area contributed by atoms with Gasteiger partial charge in [0, 0.05) is 20.1 Å². The summed E-state index contributed by atoms with van der Waals surface area (Å²) in [5.74, 6) is 0.514. The van der Waals surface area contributed by atoms with E-state index in [9.17, 15) is 13.2 Å². The van der Waals surface area contributed by atoms with Gasteiger partial charge in [0.15, 0.2) is 0 Å². The van der Waals surface area contributed by atoms with Gasteiger partial charge in [0.1, 0.15) is 5.82 Å². The molecule has 8 heteroatoms. The first kappa shape index (κ1) is 21.0. The molecule has 0 spiro atoms. The normalized spacial score (nSPS) is 12.0. The maximum absolute atomic E-state index is 12.9. The number of sulfonamides is 1. The van der Waals surface area contributed by atoms with Gasteiger partial charge >= 0.3 is 0 Å². The molecule has 160 valence electrons. The molecule has 0 fully saturated rings. The van der Waals surface area contributed by atoms with Crippen LogP contribution >= 0.6 is 0 Å². The zero-order chi connectivity index (χ0) is 22.0. The van der Waals surface area contributed by atoms with Crippen LogP contribution in [-0.2, 0) is 21.4 Å². The van der Waals surface area contributed by atoms with Crippen LogP contribution in [0.2, 0.25) is 0 Å². The van der Waals surface area contributed by atoms with Crippen LogP contribution in [0.25, 0.3) is 21.8 Å². The monoisotopic (exact) mass is 436 g/mol. The number of amides is 1. The highest BCUT2D eigenvalue weighted by molar-refractivity contribution is 7.89. The molecule has 3 aromatic carbocycles. The zero-order valence-electron chi connectivity index (χ0n) is 17.4. The Morgan fingerprint density at radius 2 is 1.74 bits per heavy atom. The molecule has 0 saturated carbocycles. The summed E-state index contributed by atoms with van der Waals surface area (Å²) in [5, 5.41) is 4.60. The summed E-state index contributed by atoms with van der Waals surface area (Å²) in [6.07, 6.45) is 0. The number of benzene rings is 3. The van der Waals surface area contributed by atoms with Gasteiger partial charge < -0.3 is 9.88 Å². The number of hydrogen-bond acceptors (Lipinski definition) is 4. The van der Waals surface area contributed by atoms with E-state index in [0.717, 1.165) is 31.9 Å². The Bertz CT molecular complexity index is 1360. The number of aromatic nitrogens is 2. The maximum atomic E-state index is 12.9. The second-order valence-corrected chi connectivity index (χ2v) is 9.46. The summed E-state index contributed by atoms with van der Waals surface area (Å²) < 4.78 is 28.9. The predicted octanol–water partition coefficient (Wildman–Crippen LogP) is 2.93. The molecular formula is C23H24N4O3S. The van der Waals surface area contributed by atoms with E-state index in [0.29, 0.717) is 13.1 Å². The number of rotatable bonds is 7. The Labute approximate surface area is 181 Å². The van der Waals surface area contributed by atoms with Crippen molar-refractivity contribution < 1.29 is 13.2 Å². The van der Waals surface area contributed by atoms with Crippen molar-refractivity contribution in [2.45, 2.75) is 18.4 Å². The lowest BCUT2D eigenvalue weighted by atomic mass is 10.1. The minimum Gasteiger partial charge on any atom is -0.353 e. The fraction of sp³-hybridized carbons (Fsp3) is 0.217. The number of likely N-dealkylation sites (N-methyl/N-ethyl adjacent to an activating group) is 1. The van der Waals surface area contributed by atoms with Crippen molar-refractivity contribution in [2.75, 3.05) is 20.1 Å². The number of aryl methyl sites for hydroxylation is 1. The van der Waals surface area contributed by atoms with Gasteiger partial charge in [-0.3, -0.25) is 4.79 Å². The smallest absolute Gasteiger partial charge is 0.243 e. The van der Waals surface area contributed by atoms with Crippen LogP contribution in [0.1, 0.15) is 5.82 Å². The molecule has 0 unspecified atom stereocenters. The molecule has 0 aliphatic rings. The third-order valence-electron chi connectivity index (χ3n) is 5.30. The maximum Gasteiger partial charge on any atom is 0.243 e. The first-order valence-electron chi connectivity index (χ1n) is 10.00. The van der Waals surface area contributed by atoms with Crippen molar-refractivity contribution >= 4 is 37.7 Å². The van der Waals surface area contributed by atoms with E-state index in [-0.39, 0.29) is 17.3 Å². The van der Waals surface area contributed by atoms with Gasteiger partial charge in [0.05, 0.1) is 22.5 Å². The van der Waals surface area contributed by atoms with Crippen LogP contribution in [0.15, 0.2) is 71.6 Å². The van der Waals surface area contributed by atoms with E-state index in [2.05, 4.69) is 10.3 Å². The Morgan fingerprint density at radius 1 is 1.03 bits per heavy atom. The summed E-state index contributed by atoms with van der Waals surface area (Å²) in [7, 11) is -2.36. The summed E-state index contributed by atoms with van der Waals surface area (Å²) in [4.78, 5) is 17.1. The Kier molecular flexibility index (Phi) is 5.75.